The average Bonchev–Trinajstić information content (AvgIpc) is 3.48. The van der Waals surface area contributed by atoms with Gasteiger partial charge < -0.3 is 10.3 Å². The number of anilines is 1. The minimum atomic E-state index is -0.552. The highest BCUT2D eigenvalue weighted by atomic mass is 16.5. The van der Waals surface area contributed by atoms with E-state index in [1.54, 1.807) is 29.5 Å². The first-order valence-corrected chi connectivity index (χ1v) is 11.9. The largest absolute Gasteiger partial charge is 0.368 e. The van der Waals surface area contributed by atoms with Crippen LogP contribution < -0.4 is 5.73 Å². The van der Waals surface area contributed by atoms with Crippen molar-refractivity contribution >= 4 is 11.7 Å². The van der Waals surface area contributed by atoms with Crippen LogP contribution in [0, 0.1) is 11.3 Å². The number of Topliss-reactive ketones (excluding diaryl/α,β-unsaturated/α-hetero) is 1. The fourth-order valence-corrected chi connectivity index (χ4v) is 4.00. The Hall–Kier alpha value is -3.95. The fourth-order valence-electron chi connectivity index (χ4n) is 4.00. The number of nitrogens with zero attached hydrogens (tertiary/aromatic N) is 7. The molecule has 0 aliphatic rings. The van der Waals surface area contributed by atoms with Crippen LogP contribution in [0.4, 0.5) is 5.95 Å². The molecule has 0 radical (unpaired) electrons. The van der Waals surface area contributed by atoms with E-state index in [9.17, 15) is 4.79 Å². The van der Waals surface area contributed by atoms with Gasteiger partial charge in [0.05, 0.1) is 29.4 Å². The molecule has 4 heterocycles. The molecule has 0 spiro atoms. The predicted molar refractivity (Wildman–Crippen MR) is 136 cm³/mol. The molecule has 0 unspecified atom stereocenters. The highest BCUT2D eigenvalue weighted by molar-refractivity contribution is 5.78. The fraction of sp³-hybridized carbons (Fsp3) is 0.423. The highest BCUT2D eigenvalue weighted by Crippen LogP contribution is 2.38. The molecule has 4 rings (SSSR count). The molecule has 0 aliphatic carbocycles. The van der Waals surface area contributed by atoms with Crippen molar-refractivity contribution < 1.29 is 9.32 Å². The van der Waals surface area contributed by atoms with Crippen molar-refractivity contribution in [1.29, 1.82) is 0 Å². The van der Waals surface area contributed by atoms with E-state index >= 15 is 0 Å². The first kappa shape index (κ1) is 25.2. The lowest BCUT2D eigenvalue weighted by Crippen LogP contribution is -2.31. The molecule has 0 amide bonds. The summed E-state index contributed by atoms with van der Waals surface area (Å²) in [5.74, 6) is 1.40. The Morgan fingerprint density at radius 1 is 1.03 bits per heavy atom. The van der Waals surface area contributed by atoms with Gasteiger partial charge in [-0.05, 0) is 29.9 Å². The van der Waals surface area contributed by atoms with Crippen LogP contribution in [0.1, 0.15) is 59.4 Å². The van der Waals surface area contributed by atoms with Gasteiger partial charge in [0, 0.05) is 36.8 Å². The minimum Gasteiger partial charge on any atom is -0.368 e. The molecular formula is C26H32N8O2. The summed E-state index contributed by atoms with van der Waals surface area (Å²) in [7, 11) is 0. The second-order valence-corrected chi connectivity index (χ2v) is 10.7. The quantitative estimate of drug-likeness (QED) is 0.384. The number of ketones is 1. The number of nitrogen functional groups attached to an aromatic ring is 1. The summed E-state index contributed by atoms with van der Waals surface area (Å²) in [6.07, 6.45) is 9.00. The normalized spacial score (nSPS) is 13.6. The number of carbonyl (C=O) groups is 1. The molecule has 10 heteroatoms. The monoisotopic (exact) mass is 488 g/mol. The van der Waals surface area contributed by atoms with Crippen LogP contribution in [0.15, 0.2) is 47.6 Å². The standard InChI is InChI=1S/C26H32N8O2/c1-16(2)26(6,19-7-8-21(28-13-19)17-10-29-24(27)30-11-17)23-32-22(36-33-23)18-12-31-34(14-18)15-20(35)9-25(3,4)5/h7-8,10-14,16H,9,15H2,1-6H3,(H2,27,29,30)/t26-/m1/s1. The third kappa shape index (κ3) is 5.32. The average molecular weight is 489 g/mol. The number of carbonyl (C=O) groups excluding carboxylic acids is 1. The Kier molecular flexibility index (Phi) is 6.71. The molecular weight excluding hydrogens is 456 g/mol. The Morgan fingerprint density at radius 3 is 2.36 bits per heavy atom. The van der Waals surface area contributed by atoms with Crippen LogP contribution in [0.5, 0.6) is 0 Å². The van der Waals surface area contributed by atoms with E-state index in [1.165, 1.54) is 0 Å². The Labute approximate surface area is 210 Å². The van der Waals surface area contributed by atoms with Crippen molar-refractivity contribution in [2.75, 3.05) is 5.73 Å². The van der Waals surface area contributed by atoms with Crippen molar-refractivity contribution in [3.05, 3.63) is 54.5 Å². The molecule has 36 heavy (non-hydrogen) atoms. The van der Waals surface area contributed by atoms with Crippen LogP contribution in [0.25, 0.3) is 22.7 Å². The zero-order chi connectivity index (χ0) is 26.1. The van der Waals surface area contributed by atoms with Crippen molar-refractivity contribution in [3.63, 3.8) is 0 Å². The molecule has 188 valence electrons. The summed E-state index contributed by atoms with van der Waals surface area (Å²) in [6.45, 7) is 12.6. The van der Waals surface area contributed by atoms with Crippen LogP contribution >= 0.6 is 0 Å². The lowest BCUT2D eigenvalue weighted by Gasteiger charge is -2.30. The summed E-state index contributed by atoms with van der Waals surface area (Å²) in [5, 5.41) is 8.63. The van der Waals surface area contributed by atoms with Crippen LogP contribution in [0.2, 0.25) is 0 Å². The first-order chi connectivity index (χ1) is 17.0. The van der Waals surface area contributed by atoms with Gasteiger partial charge in [0.2, 0.25) is 5.95 Å². The van der Waals surface area contributed by atoms with Crippen LogP contribution in [0.3, 0.4) is 0 Å². The number of nitrogens with two attached hydrogens (primary N) is 1. The topological polar surface area (TPSA) is 138 Å². The number of rotatable bonds is 8. The molecule has 1 atom stereocenters. The molecule has 0 saturated heterocycles. The number of hydrogen-bond acceptors (Lipinski definition) is 9. The van der Waals surface area contributed by atoms with Gasteiger partial charge in [0.25, 0.3) is 5.89 Å². The smallest absolute Gasteiger partial charge is 0.261 e. The maximum atomic E-state index is 12.3. The molecule has 0 aliphatic heterocycles. The van der Waals surface area contributed by atoms with Gasteiger partial charge in [-0.15, -0.1) is 0 Å². The summed E-state index contributed by atoms with van der Waals surface area (Å²) in [4.78, 5) is 29.7. The Morgan fingerprint density at radius 2 is 1.75 bits per heavy atom. The third-order valence-electron chi connectivity index (χ3n) is 6.32. The Balaban J connectivity index is 1.57. The Bertz CT molecular complexity index is 1330. The maximum absolute atomic E-state index is 12.3. The molecule has 0 fully saturated rings. The van der Waals surface area contributed by atoms with E-state index in [0.29, 0.717) is 23.7 Å². The van der Waals surface area contributed by atoms with Crippen molar-refractivity contribution in [2.24, 2.45) is 11.3 Å². The maximum Gasteiger partial charge on any atom is 0.261 e. The van der Waals surface area contributed by atoms with Gasteiger partial charge in [-0.1, -0.05) is 45.8 Å². The van der Waals surface area contributed by atoms with Crippen LogP contribution in [-0.4, -0.2) is 40.7 Å². The van der Waals surface area contributed by atoms with E-state index in [4.69, 9.17) is 15.2 Å². The number of aromatic nitrogens is 7. The van der Waals surface area contributed by atoms with Gasteiger partial charge in [0.15, 0.2) is 11.6 Å². The SMILES string of the molecule is CC(C)[C@](C)(c1ccc(-c2cnc(N)nc2)nc1)c1noc(-c2cnn(CC(=O)CC(C)(C)C)c2)n1. The summed E-state index contributed by atoms with van der Waals surface area (Å²) in [5.41, 5.74) is 8.11. The van der Waals surface area contributed by atoms with Crippen molar-refractivity contribution in [2.45, 2.75) is 59.9 Å². The van der Waals surface area contributed by atoms with Gasteiger partial charge in [-0.2, -0.15) is 10.1 Å². The van der Waals surface area contributed by atoms with Crippen molar-refractivity contribution in [1.82, 2.24) is 34.9 Å². The lowest BCUT2D eigenvalue weighted by molar-refractivity contribution is -0.121. The van der Waals surface area contributed by atoms with E-state index in [0.717, 1.165) is 16.8 Å². The van der Waals surface area contributed by atoms with Crippen LogP contribution in [-0.2, 0) is 16.8 Å². The molecule has 4 aromatic rings. The van der Waals surface area contributed by atoms with Gasteiger partial charge in [-0.25, -0.2) is 9.97 Å². The summed E-state index contributed by atoms with van der Waals surface area (Å²) >= 11 is 0. The third-order valence-corrected chi connectivity index (χ3v) is 6.32. The zero-order valence-electron chi connectivity index (χ0n) is 21.6. The second-order valence-electron chi connectivity index (χ2n) is 10.7. The van der Waals surface area contributed by atoms with E-state index in [2.05, 4.69) is 46.0 Å². The molecule has 2 N–H and O–H groups in total. The lowest BCUT2D eigenvalue weighted by atomic mass is 9.73. The molecule has 0 aromatic carbocycles. The molecule has 10 nitrogen and oxygen atoms in total. The number of hydrogen-bond donors (Lipinski definition) is 1. The van der Waals surface area contributed by atoms with E-state index < -0.39 is 5.41 Å². The zero-order valence-corrected chi connectivity index (χ0v) is 21.6. The van der Waals surface area contributed by atoms with Gasteiger partial charge >= 0.3 is 0 Å². The highest BCUT2D eigenvalue weighted by Gasteiger charge is 2.38. The molecule has 0 saturated carbocycles. The summed E-state index contributed by atoms with van der Waals surface area (Å²) in [6, 6.07) is 3.93. The summed E-state index contributed by atoms with van der Waals surface area (Å²) < 4.78 is 7.23. The molecule has 0 bridgehead atoms. The second kappa shape index (κ2) is 9.60. The van der Waals surface area contributed by atoms with E-state index in [1.807, 2.05) is 39.1 Å². The number of pyridine rings is 1. The van der Waals surface area contributed by atoms with E-state index in [-0.39, 0.29) is 29.6 Å². The molecule has 4 aromatic heterocycles. The predicted octanol–water partition coefficient (Wildman–Crippen LogP) is 4.33. The first-order valence-electron chi connectivity index (χ1n) is 11.9. The van der Waals surface area contributed by atoms with Crippen molar-refractivity contribution in [3.8, 4) is 22.7 Å². The van der Waals surface area contributed by atoms with Gasteiger partial charge in [-0.3, -0.25) is 14.5 Å². The minimum absolute atomic E-state index is 0.0638. The van der Waals surface area contributed by atoms with Gasteiger partial charge in [0.1, 0.15) is 0 Å².